The first-order chi connectivity index (χ1) is 13.5. The second-order valence-corrected chi connectivity index (χ2v) is 5.54. The van der Waals surface area contributed by atoms with E-state index >= 15 is 0 Å². The van der Waals surface area contributed by atoms with Crippen LogP contribution in [-0.2, 0) is 9.53 Å². The van der Waals surface area contributed by atoms with Crippen molar-refractivity contribution in [3.63, 3.8) is 0 Å². The smallest absolute Gasteiger partial charge is 0.331 e. The average Bonchev–Trinajstić information content (AvgIpc) is 2.75. The fourth-order valence-corrected chi connectivity index (χ4v) is 2.41. The van der Waals surface area contributed by atoms with Gasteiger partial charge in [0.25, 0.3) is 0 Å². The molecule has 7 heteroatoms. The number of Topliss-reactive ketones (excluding diaryl/α,β-unsaturated/α-hetero) is 1. The molecular weight excluding hydrogens is 364 g/mol. The van der Waals surface area contributed by atoms with E-state index in [1.165, 1.54) is 27.4 Å². The summed E-state index contributed by atoms with van der Waals surface area (Å²) in [5.41, 5.74) is 0.973. The number of ether oxygens (including phenoxy) is 5. The zero-order chi connectivity index (χ0) is 20.5. The maximum Gasteiger partial charge on any atom is 0.331 e. The number of hydrogen-bond donors (Lipinski definition) is 0. The van der Waals surface area contributed by atoms with Crippen LogP contribution in [0.25, 0.3) is 6.08 Å². The molecule has 28 heavy (non-hydrogen) atoms. The van der Waals surface area contributed by atoms with E-state index in [1.807, 2.05) is 0 Å². The number of benzene rings is 2. The molecule has 2 aromatic rings. The van der Waals surface area contributed by atoms with Crippen molar-refractivity contribution in [1.29, 1.82) is 0 Å². The maximum absolute atomic E-state index is 12.3. The van der Waals surface area contributed by atoms with Crippen molar-refractivity contribution in [2.45, 2.75) is 0 Å². The summed E-state index contributed by atoms with van der Waals surface area (Å²) in [6, 6.07) is 9.97. The predicted molar refractivity (Wildman–Crippen MR) is 103 cm³/mol. The molecule has 0 bridgehead atoms. The Morgan fingerprint density at radius 2 is 1.43 bits per heavy atom. The lowest BCUT2D eigenvalue weighted by Crippen LogP contribution is -2.13. The van der Waals surface area contributed by atoms with Crippen LogP contribution < -0.4 is 18.9 Å². The van der Waals surface area contributed by atoms with E-state index in [1.54, 1.807) is 49.6 Å². The quantitative estimate of drug-likeness (QED) is 0.372. The van der Waals surface area contributed by atoms with Crippen molar-refractivity contribution in [2.75, 3.05) is 35.0 Å². The molecule has 2 rings (SSSR count). The monoisotopic (exact) mass is 386 g/mol. The fourth-order valence-electron chi connectivity index (χ4n) is 2.41. The summed E-state index contributed by atoms with van der Waals surface area (Å²) in [6.07, 6.45) is 2.77. The zero-order valence-corrected chi connectivity index (χ0v) is 16.2. The molecular formula is C21H22O7. The second kappa shape index (κ2) is 10.0. The summed E-state index contributed by atoms with van der Waals surface area (Å²) >= 11 is 0. The zero-order valence-electron chi connectivity index (χ0n) is 16.2. The number of carbonyl (C=O) groups excluding carboxylic acids is 2. The summed E-state index contributed by atoms with van der Waals surface area (Å²) in [6.45, 7) is -0.411. The van der Waals surface area contributed by atoms with E-state index in [9.17, 15) is 9.59 Å². The highest BCUT2D eigenvalue weighted by molar-refractivity contribution is 6.01. The molecule has 0 N–H and O–H groups in total. The maximum atomic E-state index is 12.3. The van der Waals surface area contributed by atoms with Crippen molar-refractivity contribution in [3.8, 4) is 23.0 Å². The molecule has 0 aliphatic rings. The van der Waals surface area contributed by atoms with Crippen LogP contribution in [0.1, 0.15) is 15.9 Å². The first-order valence-corrected chi connectivity index (χ1v) is 8.34. The Kier molecular flexibility index (Phi) is 7.45. The minimum Gasteiger partial charge on any atom is -0.497 e. The Labute approximate surface area is 163 Å². The van der Waals surface area contributed by atoms with Gasteiger partial charge in [0.05, 0.1) is 34.0 Å². The van der Waals surface area contributed by atoms with Gasteiger partial charge in [-0.05, 0) is 30.3 Å². The van der Waals surface area contributed by atoms with Crippen LogP contribution >= 0.6 is 0 Å². The first-order valence-electron chi connectivity index (χ1n) is 8.34. The summed E-state index contributed by atoms with van der Waals surface area (Å²) in [7, 11) is 6.03. The topological polar surface area (TPSA) is 80.3 Å². The normalized spacial score (nSPS) is 10.4. The van der Waals surface area contributed by atoms with Gasteiger partial charge in [-0.2, -0.15) is 0 Å². The van der Waals surface area contributed by atoms with Gasteiger partial charge in [0.15, 0.2) is 6.61 Å². The standard InChI is InChI=1S/C21H22O7/c1-24-15-7-5-14(19(11-15)26-3)6-10-21(23)28-13-18(22)17-9-8-16(25-2)12-20(17)27-4/h5-12H,13H2,1-4H3/b10-6+. The average molecular weight is 386 g/mol. The largest absolute Gasteiger partial charge is 0.497 e. The molecule has 0 fully saturated rings. The first kappa shape index (κ1) is 20.8. The van der Waals surface area contributed by atoms with E-state index in [4.69, 9.17) is 23.7 Å². The third-order valence-corrected chi connectivity index (χ3v) is 3.89. The van der Waals surface area contributed by atoms with E-state index in [-0.39, 0.29) is 5.78 Å². The number of ketones is 1. The van der Waals surface area contributed by atoms with Crippen LogP contribution in [0.5, 0.6) is 23.0 Å². The van der Waals surface area contributed by atoms with E-state index in [2.05, 4.69) is 0 Å². The van der Waals surface area contributed by atoms with Gasteiger partial charge in [-0.25, -0.2) is 4.79 Å². The number of methoxy groups -OCH3 is 4. The van der Waals surface area contributed by atoms with Crippen LogP contribution in [0.4, 0.5) is 0 Å². The molecule has 7 nitrogen and oxygen atoms in total. The number of rotatable bonds is 9. The third kappa shape index (κ3) is 5.26. The van der Waals surface area contributed by atoms with Gasteiger partial charge in [0.2, 0.25) is 5.78 Å². The Morgan fingerprint density at radius 1 is 0.821 bits per heavy atom. The molecule has 0 heterocycles. The molecule has 0 unspecified atom stereocenters. The molecule has 0 saturated carbocycles. The minimum absolute atomic E-state index is 0.303. The minimum atomic E-state index is -0.654. The SMILES string of the molecule is COc1ccc(/C=C/C(=O)OCC(=O)c2ccc(OC)cc2OC)c(OC)c1. The van der Waals surface area contributed by atoms with Crippen molar-refractivity contribution >= 4 is 17.8 Å². The molecule has 0 aliphatic carbocycles. The number of esters is 1. The Bertz CT molecular complexity index is 871. The Hall–Kier alpha value is -3.48. The van der Waals surface area contributed by atoms with Crippen LogP contribution in [0.3, 0.4) is 0 Å². The van der Waals surface area contributed by atoms with Gasteiger partial charge in [0, 0.05) is 23.8 Å². The van der Waals surface area contributed by atoms with Crippen LogP contribution in [-0.4, -0.2) is 46.8 Å². The summed E-state index contributed by atoms with van der Waals surface area (Å²) < 4.78 is 25.7. The summed E-state index contributed by atoms with van der Waals surface area (Å²) in [5, 5.41) is 0. The van der Waals surface area contributed by atoms with Crippen molar-refractivity contribution in [2.24, 2.45) is 0 Å². The number of carbonyl (C=O) groups is 2. The molecule has 0 aromatic heterocycles. The third-order valence-electron chi connectivity index (χ3n) is 3.89. The lowest BCUT2D eigenvalue weighted by atomic mass is 10.1. The molecule has 0 aliphatic heterocycles. The lowest BCUT2D eigenvalue weighted by molar-refractivity contribution is -0.136. The van der Waals surface area contributed by atoms with Gasteiger partial charge in [-0.15, -0.1) is 0 Å². The highest BCUT2D eigenvalue weighted by Gasteiger charge is 2.15. The van der Waals surface area contributed by atoms with Crippen molar-refractivity contribution in [3.05, 3.63) is 53.6 Å². The molecule has 0 atom stereocenters. The molecule has 0 spiro atoms. The van der Waals surface area contributed by atoms with Gasteiger partial charge < -0.3 is 23.7 Å². The van der Waals surface area contributed by atoms with E-state index in [0.29, 0.717) is 34.1 Å². The fraction of sp³-hybridized carbons (Fsp3) is 0.238. The van der Waals surface area contributed by atoms with Gasteiger partial charge >= 0.3 is 5.97 Å². The molecule has 2 aromatic carbocycles. The highest BCUT2D eigenvalue weighted by Crippen LogP contribution is 2.26. The van der Waals surface area contributed by atoms with E-state index < -0.39 is 12.6 Å². The second-order valence-electron chi connectivity index (χ2n) is 5.54. The molecule has 0 amide bonds. The van der Waals surface area contributed by atoms with Crippen LogP contribution in [0, 0.1) is 0 Å². The Morgan fingerprint density at radius 3 is 2.04 bits per heavy atom. The van der Waals surface area contributed by atoms with Crippen molar-refractivity contribution < 1.29 is 33.3 Å². The Balaban J connectivity index is 2.01. The molecule has 148 valence electrons. The molecule has 0 radical (unpaired) electrons. The van der Waals surface area contributed by atoms with Crippen LogP contribution in [0.15, 0.2) is 42.5 Å². The predicted octanol–water partition coefficient (Wildman–Crippen LogP) is 3.16. The van der Waals surface area contributed by atoms with E-state index in [0.717, 1.165) is 0 Å². The highest BCUT2D eigenvalue weighted by atomic mass is 16.5. The lowest BCUT2D eigenvalue weighted by Gasteiger charge is -2.09. The van der Waals surface area contributed by atoms with Crippen LogP contribution in [0.2, 0.25) is 0 Å². The summed E-state index contributed by atoms with van der Waals surface area (Å²) in [4.78, 5) is 24.3. The van der Waals surface area contributed by atoms with Gasteiger partial charge in [0.1, 0.15) is 23.0 Å². The number of hydrogen-bond acceptors (Lipinski definition) is 7. The van der Waals surface area contributed by atoms with Gasteiger partial charge in [-0.3, -0.25) is 4.79 Å². The van der Waals surface area contributed by atoms with Gasteiger partial charge in [-0.1, -0.05) is 0 Å². The molecule has 0 saturated heterocycles. The summed E-state index contributed by atoms with van der Waals surface area (Å²) in [5.74, 6) is 1.04. The van der Waals surface area contributed by atoms with Crippen molar-refractivity contribution in [1.82, 2.24) is 0 Å².